The second-order valence-electron chi connectivity index (χ2n) is 4.31. The van der Waals surface area contributed by atoms with Gasteiger partial charge in [0.15, 0.2) is 0 Å². The van der Waals surface area contributed by atoms with E-state index >= 15 is 0 Å². The number of fused-ring (bicyclic) bond motifs is 1. The van der Waals surface area contributed by atoms with Gasteiger partial charge in [0, 0.05) is 11.8 Å². The summed E-state index contributed by atoms with van der Waals surface area (Å²) in [4.78, 5) is 15.4. The summed E-state index contributed by atoms with van der Waals surface area (Å²) in [6.07, 6.45) is 1.60. The molecule has 3 rings (SSSR count). The van der Waals surface area contributed by atoms with E-state index in [2.05, 4.69) is 10.2 Å². The molecule has 5 nitrogen and oxygen atoms in total. The van der Waals surface area contributed by atoms with E-state index in [1.165, 1.54) is 16.5 Å². The average Bonchev–Trinajstić information content (AvgIpc) is 2.85. The lowest BCUT2D eigenvalue weighted by atomic mass is 10.1. The van der Waals surface area contributed by atoms with Gasteiger partial charge in [-0.25, -0.2) is 9.37 Å². The Hall–Kier alpha value is -2.60. The van der Waals surface area contributed by atoms with Crippen LogP contribution in [0.1, 0.15) is 5.56 Å². The van der Waals surface area contributed by atoms with E-state index in [0.29, 0.717) is 22.5 Å². The van der Waals surface area contributed by atoms with Crippen molar-refractivity contribution < 1.29 is 9.50 Å². The number of nitroso groups, excluding NO2 is 1. The van der Waals surface area contributed by atoms with Crippen LogP contribution >= 0.6 is 0 Å². The molecular formula is C14H10FN3O2. The number of hydrogen-bond acceptors (Lipinski definition) is 4. The first-order valence-electron chi connectivity index (χ1n) is 5.94. The monoisotopic (exact) mass is 271 g/mol. The minimum atomic E-state index is -0.360. The van der Waals surface area contributed by atoms with Crippen molar-refractivity contribution in [3.8, 4) is 11.3 Å². The molecule has 0 aliphatic heterocycles. The van der Waals surface area contributed by atoms with Crippen LogP contribution in [0.2, 0.25) is 0 Å². The second kappa shape index (κ2) is 4.82. The molecule has 20 heavy (non-hydrogen) atoms. The molecule has 0 amide bonds. The quantitative estimate of drug-likeness (QED) is 0.744. The van der Waals surface area contributed by atoms with Crippen molar-refractivity contribution in [1.29, 1.82) is 0 Å². The highest BCUT2D eigenvalue weighted by molar-refractivity contribution is 5.74. The third-order valence-electron chi connectivity index (χ3n) is 3.04. The van der Waals surface area contributed by atoms with Crippen LogP contribution in [0.4, 0.5) is 10.2 Å². The van der Waals surface area contributed by atoms with Gasteiger partial charge in [0.05, 0.1) is 6.61 Å². The van der Waals surface area contributed by atoms with Gasteiger partial charge in [0.25, 0.3) is 0 Å². The van der Waals surface area contributed by atoms with Crippen LogP contribution in [0.15, 0.2) is 47.8 Å². The minimum absolute atomic E-state index is 0.127. The highest BCUT2D eigenvalue weighted by atomic mass is 19.1. The van der Waals surface area contributed by atoms with E-state index in [-0.39, 0.29) is 18.2 Å². The molecule has 0 unspecified atom stereocenters. The zero-order valence-corrected chi connectivity index (χ0v) is 10.3. The Balaban J connectivity index is 2.25. The van der Waals surface area contributed by atoms with Gasteiger partial charge < -0.3 is 5.11 Å². The molecule has 100 valence electrons. The van der Waals surface area contributed by atoms with Gasteiger partial charge in [-0.05, 0) is 41.1 Å². The highest BCUT2D eigenvalue weighted by Gasteiger charge is 2.15. The molecule has 3 aromatic rings. The van der Waals surface area contributed by atoms with E-state index in [1.54, 1.807) is 30.5 Å². The van der Waals surface area contributed by atoms with Crippen LogP contribution < -0.4 is 0 Å². The lowest BCUT2D eigenvalue weighted by Gasteiger charge is -1.99. The Morgan fingerprint density at radius 2 is 1.95 bits per heavy atom. The maximum atomic E-state index is 12.9. The molecule has 0 bridgehead atoms. The summed E-state index contributed by atoms with van der Waals surface area (Å²) in [6, 6.07) is 9.08. The van der Waals surface area contributed by atoms with Crippen molar-refractivity contribution >= 4 is 11.5 Å². The number of halogens is 1. The van der Waals surface area contributed by atoms with Gasteiger partial charge in [0.1, 0.15) is 17.2 Å². The fraction of sp³-hybridized carbons (Fsp3) is 0.0714. The predicted octanol–water partition coefficient (Wildman–Crippen LogP) is 3.03. The van der Waals surface area contributed by atoms with Crippen LogP contribution in [0.3, 0.4) is 0 Å². The van der Waals surface area contributed by atoms with Crippen LogP contribution in [0.5, 0.6) is 0 Å². The van der Waals surface area contributed by atoms with E-state index < -0.39 is 0 Å². The lowest BCUT2D eigenvalue weighted by Crippen LogP contribution is -1.89. The molecule has 0 spiro atoms. The van der Waals surface area contributed by atoms with Crippen LogP contribution in [0, 0.1) is 10.7 Å². The number of rotatable bonds is 3. The zero-order chi connectivity index (χ0) is 14.1. The van der Waals surface area contributed by atoms with Gasteiger partial charge in [-0.3, -0.25) is 4.40 Å². The smallest absolute Gasteiger partial charge is 0.209 e. The highest BCUT2D eigenvalue weighted by Crippen LogP contribution is 2.31. The van der Waals surface area contributed by atoms with Crippen molar-refractivity contribution in [3.05, 3.63) is 58.9 Å². The summed E-state index contributed by atoms with van der Waals surface area (Å²) in [5.74, 6) is -0.234. The topological polar surface area (TPSA) is 67.0 Å². The van der Waals surface area contributed by atoms with E-state index in [1.807, 2.05) is 0 Å². The molecule has 1 aromatic carbocycles. The number of aliphatic hydroxyl groups excluding tert-OH is 1. The molecule has 0 aliphatic carbocycles. The molecular weight excluding hydrogens is 261 g/mol. The van der Waals surface area contributed by atoms with Crippen LogP contribution in [0.25, 0.3) is 16.9 Å². The Kier molecular flexibility index (Phi) is 3.00. The third-order valence-corrected chi connectivity index (χ3v) is 3.04. The predicted molar refractivity (Wildman–Crippen MR) is 72.0 cm³/mol. The number of imidazole rings is 1. The maximum absolute atomic E-state index is 12.9. The largest absolute Gasteiger partial charge is 0.392 e. The number of aromatic nitrogens is 2. The normalized spacial score (nSPS) is 10.9. The maximum Gasteiger partial charge on any atom is 0.209 e. The van der Waals surface area contributed by atoms with E-state index in [9.17, 15) is 9.30 Å². The molecule has 6 heteroatoms. The van der Waals surface area contributed by atoms with Gasteiger partial charge in [0.2, 0.25) is 5.82 Å². The van der Waals surface area contributed by atoms with Crippen molar-refractivity contribution in [2.75, 3.05) is 0 Å². The summed E-state index contributed by atoms with van der Waals surface area (Å²) in [5, 5.41) is 12.1. The molecule has 2 aromatic heterocycles. The summed E-state index contributed by atoms with van der Waals surface area (Å²) < 4.78 is 14.5. The minimum Gasteiger partial charge on any atom is -0.392 e. The number of nitrogens with zero attached hydrogens (tertiary/aromatic N) is 3. The second-order valence-corrected chi connectivity index (χ2v) is 4.31. The van der Waals surface area contributed by atoms with E-state index in [4.69, 9.17) is 5.11 Å². The fourth-order valence-electron chi connectivity index (χ4n) is 2.06. The standard InChI is InChI=1S/C14H10FN3O2/c15-11-4-2-10(3-5-11)13-14(17-20)18-7-9(8-19)1-6-12(18)16-13/h1-7,19H,8H2. The van der Waals surface area contributed by atoms with Gasteiger partial charge in [-0.15, -0.1) is 4.91 Å². The van der Waals surface area contributed by atoms with Gasteiger partial charge >= 0.3 is 0 Å². The fourth-order valence-corrected chi connectivity index (χ4v) is 2.06. The number of pyridine rings is 1. The van der Waals surface area contributed by atoms with Crippen LogP contribution in [-0.4, -0.2) is 14.5 Å². The van der Waals surface area contributed by atoms with Gasteiger partial charge in [-0.2, -0.15) is 0 Å². The first kappa shape index (κ1) is 12.4. The average molecular weight is 271 g/mol. The lowest BCUT2D eigenvalue weighted by molar-refractivity contribution is 0.281. The van der Waals surface area contributed by atoms with Crippen molar-refractivity contribution in [3.63, 3.8) is 0 Å². The molecule has 0 saturated carbocycles. The summed E-state index contributed by atoms with van der Waals surface area (Å²) in [6.45, 7) is -0.141. The van der Waals surface area contributed by atoms with Crippen molar-refractivity contribution in [1.82, 2.24) is 9.38 Å². The first-order chi connectivity index (χ1) is 9.72. The number of benzene rings is 1. The third kappa shape index (κ3) is 1.96. The summed E-state index contributed by atoms with van der Waals surface area (Å²) >= 11 is 0. The summed E-state index contributed by atoms with van der Waals surface area (Å²) in [5.41, 5.74) is 2.17. The van der Waals surface area contributed by atoms with Crippen molar-refractivity contribution in [2.24, 2.45) is 5.18 Å². The van der Waals surface area contributed by atoms with E-state index in [0.717, 1.165) is 0 Å². The van der Waals surface area contributed by atoms with Crippen molar-refractivity contribution in [2.45, 2.75) is 6.61 Å². The molecule has 0 saturated heterocycles. The molecule has 0 aliphatic rings. The van der Waals surface area contributed by atoms with Crippen LogP contribution in [-0.2, 0) is 6.61 Å². The molecule has 2 heterocycles. The summed E-state index contributed by atoms with van der Waals surface area (Å²) in [7, 11) is 0. The Morgan fingerprint density at radius 3 is 2.60 bits per heavy atom. The SMILES string of the molecule is O=Nc1c(-c2ccc(F)cc2)nc2ccc(CO)cn12. The molecule has 1 N–H and O–H groups in total. The molecule has 0 radical (unpaired) electrons. The molecule has 0 atom stereocenters. The van der Waals surface area contributed by atoms with Gasteiger partial charge in [-0.1, -0.05) is 6.07 Å². The number of hydrogen-bond donors (Lipinski definition) is 1. The zero-order valence-electron chi connectivity index (χ0n) is 10.3. The number of aliphatic hydroxyl groups is 1. The Labute approximate surface area is 113 Å². The Bertz CT molecular complexity index is 781. The Morgan fingerprint density at radius 1 is 1.20 bits per heavy atom. The first-order valence-corrected chi connectivity index (χ1v) is 5.94. The molecule has 0 fully saturated rings.